The van der Waals surface area contributed by atoms with Gasteiger partial charge in [-0.25, -0.2) is 31.7 Å². The predicted octanol–water partition coefficient (Wildman–Crippen LogP) is 3.96. The molecule has 1 aromatic carbocycles. The summed E-state index contributed by atoms with van der Waals surface area (Å²) in [6.07, 6.45) is -2.67. The van der Waals surface area contributed by atoms with E-state index in [9.17, 15) is 32.3 Å². The third kappa shape index (κ3) is 4.28. The molecular formula is C23H25F5N4O3. The summed E-state index contributed by atoms with van der Waals surface area (Å²) in [5.74, 6) is -5.94. The number of hydrogen-bond donors (Lipinski definition) is 1. The summed E-state index contributed by atoms with van der Waals surface area (Å²) >= 11 is 0. The number of halogens is 5. The van der Waals surface area contributed by atoms with E-state index in [4.69, 9.17) is 0 Å². The summed E-state index contributed by atoms with van der Waals surface area (Å²) in [5, 5.41) is 9.21. The number of alkyl halides is 3. The van der Waals surface area contributed by atoms with Crippen molar-refractivity contribution in [1.82, 2.24) is 18.7 Å². The Bertz CT molecular complexity index is 1380. The van der Waals surface area contributed by atoms with Crippen LogP contribution >= 0.6 is 0 Å². The SMILES string of the molecule is CC(C)n1c(=O)n(CCCO)c(=O)c2c1nc(C1(F)CCC(F)(F)CC1)n2-c1ccc(F)c(F)c1. The number of nitrogens with zero attached hydrogens (tertiary/aromatic N) is 4. The van der Waals surface area contributed by atoms with E-state index >= 15 is 4.39 Å². The van der Waals surface area contributed by atoms with Crippen molar-refractivity contribution in [2.24, 2.45) is 0 Å². The van der Waals surface area contributed by atoms with E-state index in [0.717, 1.165) is 31.9 Å². The highest BCUT2D eigenvalue weighted by atomic mass is 19.3. The Morgan fingerprint density at radius 1 is 1.06 bits per heavy atom. The monoisotopic (exact) mass is 500 g/mol. The molecule has 1 N–H and O–H groups in total. The van der Waals surface area contributed by atoms with Gasteiger partial charge in [0.2, 0.25) is 5.92 Å². The summed E-state index contributed by atoms with van der Waals surface area (Å²) in [7, 11) is 0. The lowest BCUT2D eigenvalue weighted by Crippen LogP contribution is -2.41. The van der Waals surface area contributed by atoms with E-state index in [1.807, 2.05) is 0 Å². The van der Waals surface area contributed by atoms with Crippen LogP contribution in [0.15, 0.2) is 27.8 Å². The molecule has 0 bridgehead atoms. The Morgan fingerprint density at radius 3 is 2.29 bits per heavy atom. The number of aromatic nitrogens is 4. The minimum atomic E-state index is -3.06. The highest BCUT2D eigenvalue weighted by molar-refractivity contribution is 5.74. The molecule has 0 saturated heterocycles. The van der Waals surface area contributed by atoms with E-state index in [2.05, 4.69) is 4.98 Å². The maximum atomic E-state index is 16.3. The first-order valence-corrected chi connectivity index (χ1v) is 11.3. The van der Waals surface area contributed by atoms with Crippen LogP contribution in [0.2, 0.25) is 0 Å². The molecule has 4 rings (SSSR count). The van der Waals surface area contributed by atoms with Crippen LogP contribution < -0.4 is 11.2 Å². The second-order valence-corrected chi connectivity index (χ2v) is 9.14. The average molecular weight is 500 g/mol. The molecule has 2 aromatic heterocycles. The zero-order valence-electron chi connectivity index (χ0n) is 19.2. The molecule has 1 aliphatic rings. The Hall–Kier alpha value is -3.02. The third-order valence-electron chi connectivity index (χ3n) is 6.36. The van der Waals surface area contributed by atoms with Crippen molar-refractivity contribution in [3.8, 4) is 5.69 Å². The molecule has 0 amide bonds. The van der Waals surface area contributed by atoms with Crippen molar-refractivity contribution >= 4 is 11.2 Å². The van der Waals surface area contributed by atoms with Gasteiger partial charge in [0.15, 0.2) is 34.3 Å². The summed E-state index contributed by atoms with van der Waals surface area (Å²) in [6.45, 7) is 2.83. The van der Waals surface area contributed by atoms with Crippen LogP contribution in [0.4, 0.5) is 22.0 Å². The van der Waals surface area contributed by atoms with Gasteiger partial charge in [0.25, 0.3) is 5.56 Å². The number of imidazole rings is 1. The highest BCUT2D eigenvalue weighted by Crippen LogP contribution is 2.47. The van der Waals surface area contributed by atoms with Crippen LogP contribution in [0, 0.1) is 11.6 Å². The topological polar surface area (TPSA) is 82.0 Å². The number of fused-ring (bicyclic) bond motifs is 1. The smallest absolute Gasteiger partial charge is 0.332 e. The molecular weight excluding hydrogens is 475 g/mol. The molecule has 12 heteroatoms. The molecule has 0 unspecified atom stereocenters. The van der Waals surface area contributed by atoms with Gasteiger partial charge in [-0.2, -0.15) is 0 Å². The van der Waals surface area contributed by atoms with E-state index in [-0.39, 0.29) is 36.4 Å². The highest BCUT2D eigenvalue weighted by Gasteiger charge is 2.48. The molecule has 0 aliphatic heterocycles. The Balaban J connectivity index is 2.12. The van der Waals surface area contributed by atoms with E-state index < -0.39 is 72.0 Å². The van der Waals surface area contributed by atoms with E-state index in [1.165, 1.54) is 0 Å². The minimum Gasteiger partial charge on any atom is -0.396 e. The number of aliphatic hydroxyl groups excluding tert-OH is 1. The second-order valence-electron chi connectivity index (χ2n) is 9.14. The van der Waals surface area contributed by atoms with Gasteiger partial charge in [-0.1, -0.05) is 0 Å². The van der Waals surface area contributed by atoms with Gasteiger partial charge >= 0.3 is 5.69 Å². The van der Waals surface area contributed by atoms with Crippen molar-refractivity contribution in [1.29, 1.82) is 0 Å². The van der Waals surface area contributed by atoms with Crippen molar-refractivity contribution in [2.75, 3.05) is 6.61 Å². The largest absolute Gasteiger partial charge is 0.396 e. The fourth-order valence-corrected chi connectivity index (χ4v) is 4.51. The van der Waals surface area contributed by atoms with E-state index in [1.54, 1.807) is 13.8 Å². The second kappa shape index (κ2) is 8.89. The van der Waals surface area contributed by atoms with Crippen LogP contribution in [0.1, 0.15) is 57.8 Å². The minimum absolute atomic E-state index is 0.0764. The van der Waals surface area contributed by atoms with Gasteiger partial charge < -0.3 is 5.11 Å². The lowest BCUT2D eigenvalue weighted by atomic mass is 9.83. The molecule has 0 radical (unpaired) electrons. The van der Waals surface area contributed by atoms with Gasteiger partial charge in [0.05, 0.1) is 5.69 Å². The zero-order chi connectivity index (χ0) is 25.7. The van der Waals surface area contributed by atoms with Crippen molar-refractivity contribution in [2.45, 2.75) is 70.1 Å². The average Bonchev–Trinajstić information content (AvgIpc) is 3.19. The number of aliphatic hydroxyl groups is 1. The Morgan fingerprint density at radius 2 is 1.71 bits per heavy atom. The summed E-state index contributed by atoms with van der Waals surface area (Å²) in [4.78, 5) is 30.9. The lowest BCUT2D eigenvalue weighted by Gasteiger charge is -2.33. The normalized spacial score (nSPS) is 17.4. The number of benzene rings is 1. The molecule has 7 nitrogen and oxygen atoms in total. The van der Waals surface area contributed by atoms with Gasteiger partial charge in [0, 0.05) is 38.1 Å². The Labute approximate surface area is 196 Å². The first-order chi connectivity index (χ1) is 16.4. The van der Waals surface area contributed by atoms with Crippen molar-refractivity contribution in [3.05, 3.63) is 56.5 Å². The Kier molecular flexibility index (Phi) is 6.37. The third-order valence-corrected chi connectivity index (χ3v) is 6.36. The van der Waals surface area contributed by atoms with Gasteiger partial charge in [-0.15, -0.1) is 0 Å². The molecule has 190 valence electrons. The quantitative estimate of drug-likeness (QED) is 0.520. The molecule has 1 aliphatic carbocycles. The summed E-state index contributed by atoms with van der Waals surface area (Å²) in [5.41, 5.74) is -4.63. The van der Waals surface area contributed by atoms with Crippen LogP contribution in [-0.4, -0.2) is 36.3 Å². The maximum Gasteiger partial charge on any atom is 0.332 e. The summed E-state index contributed by atoms with van der Waals surface area (Å²) in [6, 6.07) is 2.12. The first kappa shape index (κ1) is 25.1. The van der Waals surface area contributed by atoms with Gasteiger partial charge in [-0.3, -0.25) is 18.5 Å². The van der Waals surface area contributed by atoms with Gasteiger partial charge in [0.1, 0.15) is 0 Å². The van der Waals surface area contributed by atoms with Crippen LogP contribution in [-0.2, 0) is 12.2 Å². The molecule has 0 atom stereocenters. The van der Waals surface area contributed by atoms with E-state index in [0.29, 0.717) is 0 Å². The first-order valence-electron chi connectivity index (χ1n) is 11.3. The molecule has 1 saturated carbocycles. The number of rotatable bonds is 6. The van der Waals surface area contributed by atoms with Crippen molar-refractivity contribution < 1.29 is 27.1 Å². The molecule has 35 heavy (non-hydrogen) atoms. The predicted molar refractivity (Wildman–Crippen MR) is 118 cm³/mol. The van der Waals surface area contributed by atoms with Crippen LogP contribution in [0.25, 0.3) is 16.9 Å². The van der Waals surface area contributed by atoms with Gasteiger partial charge in [-0.05, 0) is 45.2 Å². The molecule has 0 spiro atoms. The standard InChI is InChI=1S/C23H25F5N4O3/c1-13(2)31-18-17(19(34)30(21(31)35)10-3-11-33)32(14-4-5-15(24)16(25)12-14)20(29-18)22(26)6-8-23(27,28)9-7-22/h4-5,12-13,33H,3,6-11H2,1-2H3. The summed E-state index contributed by atoms with van der Waals surface area (Å²) < 4.78 is 74.8. The van der Waals surface area contributed by atoms with Crippen molar-refractivity contribution in [3.63, 3.8) is 0 Å². The molecule has 2 heterocycles. The lowest BCUT2D eigenvalue weighted by molar-refractivity contribution is -0.0799. The fourth-order valence-electron chi connectivity index (χ4n) is 4.51. The molecule has 3 aromatic rings. The van der Waals surface area contributed by atoms with Crippen LogP contribution in [0.3, 0.4) is 0 Å². The maximum absolute atomic E-state index is 16.3. The van der Waals surface area contributed by atoms with Crippen LogP contribution in [0.5, 0.6) is 0 Å². The fraction of sp³-hybridized carbons (Fsp3) is 0.522. The zero-order valence-corrected chi connectivity index (χ0v) is 19.2. The molecule has 1 fully saturated rings. The number of hydrogen-bond acceptors (Lipinski definition) is 4.